The molecule has 6 rings (SSSR count). The van der Waals surface area contributed by atoms with E-state index in [2.05, 4.69) is 53.6 Å². The maximum Gasteiger partial charge on any atom is 0.311 e. The lowest BCUT2D eigenvalue weighted by Gasteiger charge is -2.50. The van der Waals surface area contributed by atoms with Gasteiger partial charge in [-0.3, -0.25) is 9.69 Å². The third-order valence-electron chi connectivity index (χ3n) is 8.47. The van der Waals surface area contributed by atoms with E-state index < -0.39 is 0 Å². The second-order valence-corrected chi connectivity index (χ2v) is 8.67. The van der Waals surface area contributed by atoms with Crippen LogP contribution < -0.4 is 5.32 Å². The summed E-state index contributed by atoms with van der Waals surface area (Å²) in [5.41, 5.74) is 2.53. The van der Waals surface area contributed by atoms with Crippen molar-refractivity contribution in [2.24, 2.45) is 17.3 Å². The zero-order valence-electron chi connectivity index (χ0n) is 14.8. The van der Waals surface area contributed by atoms with Crippen LogP contribution in [-0.2, 0) is 14.9 Å². The topological polar surface area (TPSA) is 41.6 Å². The molecular weight excluding hydrogens is 312 g/mol. The van der Waals surface area contributed by atoms with Gasteiger partial charge in [0.25, 0.3) is 0 Å². The fourth-order valence-electron chi connectivity index (χ4n) is 7.93. The first-order chi connectivity index (χ1) is 12.1. The normalized spacial score (nSPS) is 48.0. The van der Waals surface area contributed by atoms with E-state index in [1.807, 2.05) is 0 Å². The van der Waals surface area contributed by atoms with Crippen molar-refractivity contribution < 1.29 is 9.53 Å². The Labute approximate surface area is 148 Å². The molecule has 25 heavy (non-hydrogen) atoms. The second kappa shape index (κ2) is 4.12. The molecule has 3 spiro atoms. The van der Waals surface area contributed by atoms with Crippen molar-refractivity contribution in [1.29, 1.82) is 0 Å². The van der Waals surface area contributed by atoms with Crippen molar-refractivity contribution in [3.05, 3.63) is 42.0 Å². The summed E-state index contributed by atoms with van der Waals surface area (Å²) >= 11 is 0. The SMILES string of the molecule is COC(=O)[C@@H]1C[C@@]23C=CCN4CC[C@]5(c6ccccc6N[C@@]15[C@@H]2C)[C@H]43. The number of hydrogen-bond acceptors (Lipinski definition) is 4. The van der Waals surface area contributed by atoms with E-state index in [0.717, 1.165) is 25.9 Å². The number of carbonyl (C=O) groups is 1. The van der Waals surface area contributed by atoms with Gasteiger partial charge in [-0.05, 0) is 36.9 Å². The highest BCUT2D eigenvalue weighted by molar-refractivity contribution is 5.82. The molecular formula is C21H24N2O2. The zero-order valence-corrected chi connectivity index (χ0v) is 14.8. The Morgan fingerprint density at radius 1 is 1.36 bits per heavy atom. The van der Waals surface area contributed by atoms with E-state index in [1.165, 1.54) is 18.4 Å². The van der Waals surface area contributed by atoms with E-state index >= 15 is 0 Å². The molecule has 0 unspecified atom stereocenters. The Hall–Kier alpha value is -1.81. The zero-order chi connectivity index (χ0) is 17.0. The van der Waals surface area contributed by atoms with Gasteiger partial charge in [-0.1, -0.05) is 37.3 Å². The Kier molecular flexibility index (Phi) is 2.37. The highest BCUT2D eigenvalue weighted by Gasteiger charge is 2.85. The molecule has 0 radical (unpaired) electrons. The molecule has 1 aromatic rings. The van der Waals surface area contributed by atoms with Crippen LogP contribution in [0.25, 0.3) is 0 Å². The number of nitrogens with zero attached hydrogens (tertiary/aromatic N) is 1. The monoisotopic (exact) mass is 336 g/mol. The minimum atomic E-state index is -0.224. The Bertz CT molecular complexity index is 835. The molecule has 2 saturated carbocycles. The molecule has 3 fully saturated rings. The fraction of sp³-hybridized carbons (Fsp3) is 0.571. The van der Waals surface area contributed by atoms with Gasteiger partial charge in [-0.25, -0.2) is 0 Å². The molecule has 3 heterocycles. The van der Waals surface area contributed by atoms with Crippen LogP contribution in [0.4, 0.5) is 5.69 Å². The van der Waals surface area contributed by atoms with Gasteiger partial charge in [0.2, 0.25) is 0 Å². The highest BCUT2D eigenvalue weighted by Crippen LogP contribution is 2.78. The smallest absolute Gasteiger partial charge is 0.311 e. The largest absolute Gasteiger partial charge is 0.469 e. The minimum Gasteiger partial charge on any atom is -0.469 e. The number of para-hydroxylation sites is 1. The van der Waals surface area contributed by atoms with Crippen molar-refractivity contribution in [1.82, 2.24) is 4.90 Å². The number of methoxy groups -OCH3 is 1. The minimum absolute atomic E-state index is 0.0187. The summed E-state index contributed by atoms with van der Waals surface area (Å²) in [7, 11) is 1.54. The quantitative estimate of drug-likeness (QED) is 0.632. The standard InChI is InChI=1S/C21H24N2O2/c1-13-19-8-5-10-23-11-9-20(18(19)23)14-6-3-4-7-16(14)22-21(13,20)15(12-19)17(24)25-2/h3-8,13,15,18,22H,9-12H2,1-2H3/t13-,15+,18-,19+,20+,21+/m1/s1. The third kappa shape index (κ3) is 1.19. The maximum atomic E-state index is 12.9. The van der Waals surface area contributed by atoms with Gasteiger partial charge in [-0.15, -0.1) is 0 Å². The van der Waals surface area contributed by atoms with Gasteiger partial charge in [0.15, 0.2) is 0 Å². The lowest BCUT2D eigenvalue weighted by Crippen LogP contribution is -2.63. The average Bonchev–Trinajstić information content (AvgIpc) is 3.29. The summed E-state index contributed by atoms with van der Waals surface area (Å²) in [6, 6.07) is 9.25. The van der Waals surface area contributed by atoms with Crippen molar-refractivity contribution in [3.63, 3.8) is 0 Å². The lowest BCUT2D eigenvalue weighted by molar-refractivity contribution is -0.149. The molecule has 3 aliphatic heterocycles. The first-order valence-corrected chi connectivity index (χ1v) is 9.49. The molecule has 0 amide bonds. The molecule has 1 N–H and O–H groups in total. The van der Waals surface area contributed by atoms with Crippen molar-refractivity contribution >= 4 is 11.7 Å². The molecule has 2 bridgehead atoms. The Morgan fingerprint density at radius 3 is 3.04 bits per heavy atom. The number of anilines is 1. The van der Waals surface area contributed by atoms with Crippen LogP contribution in [0.2, 0.25) is 0 Å². The number of ether oxygens (including phenoxy) is 1. The number of benzene rings is 1. The number of esters is 1. The highest BCUT2D eigenvalue weighted by atomic mass is 16.5. The second-order valence-electron chi connectivity index (χ2n) is 8.67. The molecule has 1 aromatic carbocycles. The summed E-state index contributed by atoms with van der Waals surface area (Å²) in [4.78, 5) is 15.6. The number of rotatable bonds is 1. The van der Waals surface area contributed by atoms with Crippen LogP contribution in [0, 0.1) is 17.3 Å². The summed E-state index contributed by atoms with van der Waals surface area (Å²) in [6.45, 7) is 4.53. The van der Waals surface area contributed by atoms with Crippen molar-refractivity contribution in [3.8, 4) is 0 Å². The first kappa shape index (κ1) is 14.4. The van der Waals surface area contributed by atoms with Gasteiger partial charge in [0, 0.05) is 29.1 Å². The van der Waals surface area contributed by atoms with E-state index in [9.17, 15) is 4.79 Å². The molecule has 0 aromatic heterocycles. The molecule has 4 nitrogen and oxygen atoms in total. The first-order valence-electron chi connectivity index (χ1n) is 9.49. The number of fused-ring (bicyclic) bond motifs is 1. The molecule has 6 atom stereocenters. The van der Waals surface area contributed by atoms with E-state index in [-0.39, 0.29) is 28.3 Å². The van der Waals surface area contributed by atoms with Gasteiger partial charge in [-0.2, -0.15) is 0 Å². The summed E-state index contributed by atoms with van der Waals surface area (Å²) in [5, 5.41) is 3.92. The van der Waals surface area contributed by atoms with Crippen LogP contribution in [0.1, 0.15) is 25.3 Å². The van der Waals surface area contributed by atoms with E-state index in [0.29, 0.717) is 12.0 Å². The predicted molar refractivity (Wildman–Crippen MR) is 95.3 cm³/mol. The molecule has 5 aliphatic rings. The Balaban J connectivity index is 1.69. The van der Waals surface area contributed by atoms with Gasteiger partial charge >= 0.3 is 5.97 Å². The van der Waals surface area contributed by atoms with Crippen molar-refractivity contribution in [2.45, 2.75) is 36.8 Å². The van der Waals surface area contributed by atoms with Crippen LogP contribution in [0.15, 0.2) is 36.4 Å². The van der Waals surface area contributed by atoms with E-state index in [1.54, 1.807) is 0 Å². The number of carbonyl (C=O) groups excluding carboxylic acids is 1. The molecule has 2 aliphatic carbocycles. The average molecular weight is 336 g/mol. The fourth-order valence-corrected chi connectivity index (χ4v) is 7.93. The van der Waals surface area contributed by atoms with Crippen LogP contribution >= 0.6 is 0 Å². The lowest BCUT2D eigenvalue weighted by atomic mass is 9.57. The summed E-state index contributed by atoms with van der Waals surface area (Å²) in [6.07, 6.45) is 6.83. The molecule has 130 valence electrons. The van der Waals surface area contributed by atoms with Gasteiger partial charge in [0.05, 0.1) is 18.6 Å². The van der Waals surface area contributed by atoms with Gasteiger partial charge < -0.3 is 10.1 Å². The van der Waals surface area contributed by atoms with Crippen LogP contribution in [0.3, 0.4) is 0 Å². The van der Waals surface area contributed by atoms with Crippen molar-refractivity contribution in [2.75, 3.05) is 25.5 Å². The molecule has 4 heteroatoms. The Morgan fingerprint density at radius 2 is 2.20 bits per heavy atom. The predicted octanol–water partition coefficient (Wildman–Crippen LogP) is 2.56. The third-order valence-corrected chi connectivity index (χ3v) is 8.47. The van der Waals surface area contributed by atoms with Gasteiger partial charge in [0.1, 0.15) is 0 Å². The maximum absolute atomic E-state index is 12.9. The van der Waals surface area contributed by atoms with Crippen LogP contribution in [0.5, 0.6) is 0 Å². The molecule has 1 saturated heterocycles. The number of hydrogen-bond donors (Lipinski definition) is 1. The number of nitrogens with one attached hydrogen (secondary N) is 1. The van der Waals surface area contributed by atoms with E-state index in [4.69, 9.17) is 4.74 Å². The van der Waals surface area contributed by atoms with Crippen LogP contribution in [-0.4, -0.2) is 42.6 Å². The summed E-state index contributed by atoms with van der Waals surface area (Å²) in [5.74, 6) is 0.277. The summed E-state index contributed by atoms with van der Waals surface area (Å²) < 4.78 is 5.30.